The number of amides is 1. The molecular weight excluding hydrogens is 232 g/mol. The molecule has 2 rings (SSSR count). The number of nitrogens with zero attached hydrogens (tertiary/aromatic N) is 2. The van der Waals surface area contributed by atoms with Gasteiger partial charge in [0.1, 0.15) is 5.75 Å². The molecule has 0 radical (unpaired) electrons. The van der Waals surface area contributed by atoms with Gasteiger partial charge in [0, 0.05) is 24.4 Å². The van der Waals surface area contributed by atoms with Gasteiger partial charge < -0.3 is 16.2 Å². The number of phenols is 1. The molecule has 94 valence electrons. The summed E-state index contributed by atoms with van der Waals surface area (Å²) in [5.41, 5.74) is 6.96. The minimum atomic E-state index is -0.344. The number of hydrogen-bond acceptors (Lipinski definition) is 4. The van der Waals surface area contributed by atoms with Crippen LogP contribution in [0, 0.1) is 6.92 Å². The number of anilines is 2. The van der Waals surface area contributed by atoms with Crippen LogP contribution in [0.5, 0.6) is 5.75 Å². The molecule has 4 N–H and O–H groups in total. The first-order chi connectivity index (χ1) is 8.47. The van der Waals surface area contributed by atoms with Crippen molar-refractivity contribution < 1.29 is 9.90 Å². The first-order valence-corrected chi connectivity index (χ1v) is 5.38. The summed E-state index contributed by atoms with van der Waals surface area (Å²) in [6.45, 7) is 1.89. The Labute approximate surface area is 104 Å². The van der Waals surface area contributed by atoms with Gasteiger partial charge >= 0.3 is 0 Å². The summed E-state index contributed by atoms with van der Waals surface area (Å²) in [5.74, 6) is 0.0135. The number of rotatable bonds is 2. The van der Waals surface area contributed by atoms with Crippen LogP contribution in [0.15, 0.2) is 24.3 Å². The lowest BCUT2D eigenvalue weighted by Gasteiger charge is -2.04. The molecule has 1 aromatic carbocycles. The number of phenolic OH excluding ortho intramolecular Hbond substituents is 1. The molecule has 0 unspecified atom stereocenters. The lowest BCUT2D eigenvalue weighted by molar-refractivity contribution is 0.102. The van der Waals surface area contributed by atoms with E-state index >= 15 is 0 Å². The molecule has 6 heteroatoms. The first-order valence-electron chi connectivity index (χ1n) is 5.38. The molecule has 0 aliphatic carbocycles. The minimum absolute atomic E-state index is 0.111. The molecule has 18 heavy (non-hydrogen) atoms. The highest BCUT2D eigenvalue weighted by atomic mass is 16.3. The predicted octanol–water partition coefficient (Wildman–Crippen LogP) is 1.27. The summed E-state index contributed by atoms with van der Waals surface area (Å²) < 4.78 is 1.66. The van der Waals surface area contributed by atoms with Crippen LogP contribution in [0.2, 0.25) is 0 Å². The summed E-state index contributed by atoms with van der Waals surface area (Å²) in [7, 11) is 1.79. The maximum absolute atomic E-state index is 11.9. The van der Waals surface area contributed by atoms with Gasteiger partial charge in [0.25, 0.3) is 5.91 Å². The van der Waals surface area contributed by atoms with Crippen molar-refractivity contribution in [1.82, 2.24) is 9.78 Å². The summed E-state index contributed by atoms with van der Waals surface area (Å²) in [5, 5.41) is 16.2. The average molecular weight is 246 g/mol. The van der Waals surface area contributed by atoms with Gasteiger partial charge in [0.05, 0.1) is 5.69 Å². The van der Waals surface area contributed by atoms with Crippen molar-refractivity contribution in [2.45, 2.75) is 6.92 Å². The summed E-state index contributed by atoms with van der Waals surface area (Å²) in [6, 6.07) is 6.10. The number of aromatic nitrogens is 2. The minimum Gasteiger partial charge on any atom is -0.506 e. The second-order valence-corrected chi connectivity index (χ2v) is 4.02. The number of nitrogens with two attached hydrogens (primary N) is 1. The Bertz CT molecular complexity index is 585. The second-order valence-electron chi connectivity index (χ2n) is 4.02. The molecule has 0 saturated heterocycles. The van der Waals surface area contributed by atoms with Crippen molar-refractivity contribution in [3.8, 4) is 5.75 Å². The Morgan fingerprint density at radius 3 is 2.72 bits per heavy atom. The highest BCUT2D eigenvalue weighted by Crippen LogP contribution is 2.21. The highest BCUT2D eigenvalue weighted by Gasteiger charge is 2.10. The average Bonchev–Trinajstić information content (AvgIpc) is 2.61. The number of nitrogen functional groups attached to an aromatic ring is 1. The SMILES string of the molecule is Cc1cc(NC(=O)c2ccc(N)c(O)c2)nn1C. The van der Waals surface area contributed by atoms with Gasteiger partial charge in [-0.1, -0.05) is 0 Å². The molecule has 1 heterocycles. The molecule has 6 nitrogen and oxygen atoms in total. The van der Waals surface area contributed by atoms with Crippen LogP contribution in [-0.4, -0.2) is 20.8 Å². The van der Waals surface area contributed by atoms with Crippen molar-refractivity contribution in [1.29, 1.82) is 0 Å². The van der Waals surface area contributed by atoms with E-state index in [1.54, 1.807) is 23.9 Å². The van der Waals surface area contributed by atoms with Gasteiger partial charge in [-0.25, -0.2) is 0 Å². The summed E-state index contributed by atoms with van der Waals surface area (Å²) >= 11 is 0. The maximum atomic E-state index is 11.9. The Morgan fingerprint density at radius 2 is 2.17 bits per heavy atom. The van der Waals surface area contributed by atoms with E-state index in [0.717, 1.165) is 5.69 Å². The van der Waals surface area contributed by atoms with Crippen LogP contribution in [0.4, 0.5) is 11.5 Å². The van der Waals surface area contributed by atoms with Gasteiger partial charge in [0.2, 0.25) is 0 Å². The molecule has 0 aliphatic rings. The fourth-order valence-electron chi connectivity index (χ4n) is 1.50. The van der Waals surface area contributed by atoms with Crippen molar-refractivity contribution >= 4 is 17.4 Å². The quantitative estimate of drug-likeness (QED) is 0.549. The van der Waals surface area contributed by atoms with E-state index in [1.165, 1.54) is 12.1 Å². The van der Waals surface area contributed by atoms with Gasteiger partial charge in [-0.05, 0) is 25.1 Å². The fraction of sp³-hybridized carbons (Fsp3) is 0.167. The van der Waals surface area contributed by atoms with Crippen molar-refractivity contribution in [2.75, 3.05) is 11.1 Å². The van der Waals surface area contributed by atoms with Crippen molar-refractivity contribution in [3.05, 3.63) is 35.5 Å². The third kappa shape index (κ3) is 2.27. The topological polar surface area (TPSA) is 93.2 Å². The highest BCUT2D eigenvalue weighted by molar-refractivity contribution is 6.04. The Hall–Kier alpha value is -2.50. The van der Waals surface area contributed by atoms with E-state index < -0.39 is 0 Å². The standard InChI is InChI=1S/C12H14N4O2/c1-7-5-11(15-16(7)2)14-12(18)8-3-4-9(13)10(17)6-8/h3-6,17H,13H2,1-2H3,(H,14,15,18). The molecule has 0 spiro atoms. The molecule has 2 aromatic rings. The second kappa shape index (κ2) is 4.40. The normalized spacial score (nSPS) is 10.3. The number of aryl methyl sites for hydroxylation is 2. The van der Waals surface area contributed by atoms with Crippen LogP contribution < -0.4 is 11.1 Å². The third-order valence-electron chi connectivity index (χ3n) is 2.65. The molecule has 0 aliphatic heterocycles. The Balaban J connectivity index is 2.19. The van der Waals surface area contributed by atoms with Gasteiger partial charge in [-0.15, -0.1) is 0 Å². The maximum Gasteiger partial charge on any atom is 0.257 e. The monoisotopic (exact) mass is 246 g/mol. The third-order valence-corrected chi connectivity index (χ3v) is 2.65. The summed E-state index contributed by atoms with van der Waals surface area (Å²) in [4.78, 5) is 11.9. The lowest BCUT2D eigenvalue weighted by Crippen LogP contribution is -2.12. The zero-order valence-electron chi connectivity index (χ0n) is 10.1. The number of benzene rings is 1. The number of nitrogens with one attached hydrogen (secondary N) is 1. The van der Waals surface area contributed by atoms with Crippen LogP contribution in [-0.2, 0) is 7.05 Å². The number of carbonyl (C=O) groups excluding carboxylic acids is 1. The van der Waals surface area contributed by atoms with Crippen LogP contribution in [0.25, 0.3) is 0 Å². The van der Waals surface area contributed by atoms with E-state index in [-0.39, 0.29) is 17.3 Å². The van der Waals surface area contributed by atoms with Crippen LogP contribution in [0.1, 0.15) is 16.1 Å². The molecular formula is C12H14N4O2. The van der Waals surface area contributed by atoms with E-state index in [0.29, 0.717) is 11.4 Å². The summed E-state index contributed by atoms with van der Waals surface area (Å²) in [6.07, 6.45) is 0. The molecule has 0 saturated carbocycles. The molecule has 0 fully saturated rings. The molecule has 1 amide bonds. The first kappa shape index (κ1) is 12.0. The zero-order valence-corrected chi connectivity index (χ0v) is 10.1. The van der Waals surface area contributed by atoms with E-state index in [9.17, 15) is 9.90 Å². The molecule has 1 aromatic heterocycles. The van der Waals surface area contributed by atoms with Crippen molar-refractivity contribution in [3.63, 3.8) is 0 Å². The number of carbonyl (C=O) groups is 1. The lowest BCUT2D eigenvalue weighted by atomic mass is 10.2. The predicted molar refractivity (Wildman–Crippen MR) is 68.4 cm³/mol. The van der Waals surface area contributed by atoms with Gasteiger partial charge in [-0.2, -0.15) is 5.10 Å². The van der Waals surface area contributed by atoms with Crippen LogP contribution in [0.3, 0.4) is 0 Å². The van der Waals surface area contributed by atoms with E-state index in [1.807, 2.05) is 6.92 Å². The largest absolute Gasteiger partial charge is 0.506 e. The molecule has 0 atom stereocenters. The van der Waals surface area contributed by atoms with E-state index in [4.69, 9.17) is 5.73 Å². The number of aromatic hydroxyl groups is 1. The van der Waals surface area contributed by atoms with Crippen LogP contribution >= 0.6 is 0 Å². The van der Waals surface area contributed by atoms with E-state index in [2.05, 4.69) is 10.4 Å². The van der Waals surface area contributed by atoms with Gasteiger partial charge in [-0.3, -0.25) is 9.48 Å². The number of hydrogen-bond donors (Lipinski definition) is 3. The Morgan fingerprint density at radius 1 is 1.44 bits per heavy atom. The fourth-order valence-corrected chi connectivity index (χ4v) is 1.50. The molecule has 0 bridgehead atoms. The van der Waals surface area contributed by atoms with Crippen molar-refractivity contribution in [2.24, 2.45) is 7.05 Å². The zero-order chi connectivity index (χ0) is 13.3. The smallest absolute Gasteiger partial charge is 0.257 e. The Kier molecular flexibility index (Phi) is 2.93. The van der Waals surface area contributed by atoms with Gasteiger partial charge in [0.15, 0.2) is 5.82 Å².